The molecule has 27 heavy (non-hydrogen) atoms. The molecule has 3 rings (SSSR count). The quantitative estimate of drug-likeness (QED) is 0.739. The smallest absolute Gasteiger partial charge is 0.220 e. The standard InChI is InChI=1S/C19H24N2O5S/c22-19(8-7-18-6-3-11-26-18)20-14-16-4-1-2-5-17(16)15-27(23,24)21-9-12-25-13-10-21/h1-6,11H,7-10,12-15H2,(H,20,22). The number of furan rings is 1. The van der Waals surface area contributed by atoms with Crippen LogP contribution in [0.2, 0.25) is 0 Å². The number of nitrogens with one attached hydrogen (secondary N) is 1. The molecule has 0 spiro atoms. The zero-order valence-corrected chi connectivity index (χ0v) is 15.9. The number of benzene rings is 1. The Morgan fingerprint density at radius 3 is 2.52 bits per heavy atom. The van der Waals surface area contributed by atoms with E-state index in [1.54, 1.807) is 18.4 Å². The highest BCUT2D eigenvalue weighted by Gasteiger charge is 2.25. The molecular formula is C19H24N2O5S. The lowest BCUT2D eigenvalue weighted by molar-refractivity contribution is -0.121. The summed E-state index contributed by atoms with van der Waals surface area (Å²) in [6, 6.07) is 10.9. The van der Waals surface area contributed by atoms with Gasteiger partial charge in [0.25, 0.3) is 0 Å². The fourth-order valence-corrected chi connectivity index (χ4v) is 4.52. The van der Waals surface area contributed by atoms with Crippen LogP contribution >= 0.6 is 0 Å². The molecule has 2 aromatic rings. The number of nitrogens with zero attached hydrogens (tertiary/aromatic N) is 1. The summed E-state index contributed by atoms with van der Waals surface area (Å²) in [5, 5.41) is 2.86. The lowest BCUT2D eigenvalue weighted by atomic mass is 10.1. The Labute approximate surface area is 159 Å². The van der Waals surface area contributed by atoms with E-state index in [0.29, 0.717) is 51.3 Å². The first kappa shape index (κ1) is 19.6. The van der Waals surface area contributed by atoms with E-state index in [9.17, 15) is 13.2 Å². The van der Waals surface area contributed by atoms with Crippen LogP contribution < -0.4 is 5.32 Å². The number of carbonyl (C=O) groups excluding carboxylic acids is 1. The summed E-state index contributed by atoms with van der Waals surface area (Å²) in [7, 11) is -3.41. The van der Waals surface area contributed by atoms with Crippen LogP contribution in [0.25, 0.3) is 0 Å². The van der Waals surface area contributed by atoms with Crippen LogP contribution in [0.15, 0.2) is 47.1 Å². The number of carbonyl (C=O) groups is 1. The number of morpholine rings is 1. The van der Waals surface area contributed by atoms with Gasteiger partial charge in [0.1, 0.15) is 5.76 Å². The molecule has 1 saturated heterocycles. The first-order chi connectivity index (χ1) is 13.0. The summed E-state index contributed by atoms with van der Waals surface area (Å²) in [6.07, 6.45) is 2.44. The fourth-order valence-electron chi connectivity index (χ4n) is 2.96. The van der Waals surface area contributed by atoms with Gasteiger partial charge >= 0.3 is 0 Å². The van der Waals surface area contributed by atoms with Gasteiger partial charge in [-0.15, -0.1) is 0 Å². The zero-order valence-electron chi connectivity index (χ0n) is 15.1. The Kier molecular flexibility index (Phi) is 6.65. The lowest BCUT2D eigenvalue weighted by Crippen LogP contribution is -2.41. The van der Waals surface area contributed by atoms with Crippen molar-refractivity contribution in [1.29, 1.82) is 0 Å². The molecule has 0 saturated carbocycles. The second-order valence-corrected chi connectivity index (χ2v) is 8.36. The fraction of sp³-hybridized carbons (Fsp3) is 0.421. The van der Waals surface area contributed by atoms with Gasteiger partial charge in [0.05, 0.1) is 25.2 Å². The number of aryl methyl sites for hydroxylation is 1. The summed E-state index contributed by atoms with van der Waals surface area (Å²) in [5.41, 5.74) is 1.51. The van der Waals surface area contributed by atoms with E-state index in [0.717, 1.165) is 11.3 Å². The maximum absolute atomic E-state index is 12.7. The molecule has 146 valence electrons. The highest BCUT2D eigenvalue weighted by atomic mass is 32.2. The zero-order chi connectivity index (χ0) is 19.1. The number of amides is 1. The third-order valence-corrected chi connectivity index (χ3v) is 6.30. The third-order valence-electron chi connectivity index (χ3n) is 4.47. The minimum atomic E-state index is -3.41. The van der Waals surface area contributed by atoms with Crippen molar-refractivity contribution in [1.82, 2.24) is 9.62 Å². The van der Waals surface area contributed by atoms with E-state index >= 15 is 0 Å². The van der Waals surface area contributed by atoms with Crippen molar-refractivity contribution in [3.8, 4) is 0 Å². The second kappa shape index (κ2) is 9.16. The topological polar surface area (TPSA) is 88.8 Å². The molecule has 7 nitrogen and oxygen atoms in total. The molecule has 0 radical (unpaired) electrons. The molecule has 0 atom stereocenters. The summed E-state index contributed by atoms with van der Waals surface area (Å²) in [4.78, 5) is 12.1. The van der Waals surface area contributed by atoms with E-state index in [2.05, 4.69) is 5.32 Å². The van der Waals surface area contributed by atoms with Crippen LogP contribution in [-0.2, 0) is 38.3 Å². The molecule has 1 aliphatic heterocycles. The van der Waals surface area contributed by atoms with Crippen LogP contribution in [0, 0.1) is 0 Å². The van der Waals surface area contributed by atoms with Crippen molar-refractivity contribution in [2.24, 2.45) is 0 Å². The van der Waals surface area contributed by atoms with Crippen LogP contribution in [0.3, 0.4) is 0 Å². The predicted molar refractivity (Wildman–Crippen MR) is 100 cm³/mol. The van der Waals surface area contributed by atoms with E-state index in [1.807, 2.05) is 24.3 Å². The second-order valence-electron chi connectivity index (χ2n) is 6.39. The molecule has 0 bridgehead atoms. The van der Waals surface area contributed by atoms with Crippen LogP contribution in [0.5, 0.6) is 0 Å². The molecule has 1 aliphatic rings. The number of hydrogen-bond acceptors (Lipinski definition) is 5. The first-order valence-electron chi connectivity index (χ1n) is 8.96. The predicted octanol–water partition coefficient (Wildman–Crippen LogP) is 1.69. The van der Waals surface area contributed by atoms with Gasteiger partial charge in [-0.2, -0.15) is 4.31 Å². The summed E-state index contributed by atoms with van der Waals surface area (Å²) in [5.74, 6) is 0.588. The van der Waals surface area contributed by atoms with E-state index in [-0.39, 0.29) is 11.7 Å². The molecule has 2 heterocycles. The van der Waals surface area contributed by atoms with E-state index in [4.69, 9.17) is 9.15 Å². The summed E-state index contributed by atoms with van der Waals surface area (Å²) < 4.78 is 37.2. The van der Waals surface area contributed by atoms with Crippen molar-refractivity contribution in [3.63, 3.8) is 0 Å². The minimum Gasteiger partial charge on any atom is -0.469 e. The SMILES string of the molecule is O=C(CCc1ccco1)NCc1ccccc1CS(=O)(=O)N1CCOCC1. The van der Waals surface area contributed by atoms with Crippen LogP contribution in [0.4, 0.5) is 0 Å². The van der Waals surface area contributed by atoms with Gasteiger partial charge in [-0.3, -0.25) is 4.79 Å². The number of rotatable bonds is 8. The van der Waals surface area contributed by atoms with Crippen molar-refractivity contribution >= 4 is 15.9 Å². The molecule has 0 aliphatic carbocycles. The molecule has 1 N–H and O–H groups in total. The van der Waals surface area contributed by atoms with Crippen LogP contribution in [0.1, 0.15) is 23.3 Å². The van der Waals surface area contributed by atoms with Gasteiger partial charge in [0, 0.05) is 32.5 Å². The minimum absolute atomic E-state index is 0.0779. The highest BCUT2D eigenvalue weighted by molar-refractivity contribution is 7.88. The van der Waals surface area contributed by atoms with Crippen molar-refractivity contribution in [2.75, 3.05) is 26.3 Å². The Bertz CT molecular complexity index is 843. The number of ether oxygens (including phenoxy) is 1. The third kappa shape index (κ3) is 5.66. The summed E-state index contributed by atoms with van der Waals surface area (Å²) >= 11 is 0. The Morgan fingerprint density at radius 2 is 1.81 bits per heavy atom. The molecular weight excluding hydrogens is 368 g/mol. The lowest BCUT2D eigenvalue weighted by Gasteiger charge is -2.26. The van der Waals surface area contributed by atoms with Crippen molar-refractivity contribution < 1.29 is 22.4 Å². The maximum Gasteiger partial charge on any atom is 0.220 e. The first-order valence-corrected chi connectivity index (χ1v) is 10.6. The normalized spacial score (nSPS) is 15.6. The average Bonchev–Trinajstić information content (AvgIpc) is 3.20. The van der Waals surface area contributed by atoms with Gasteiger partial charge < -0.3 is 14.5 Å². The van der Waals surface area contributed by atoms with Crippen LogP contribution in [-0.4, -0.2) is 44.9 Å². The van der Waals surface area contributed by atoms with E-state index in [1.165, 1.54) is 4.31 Å². The van der Waals surface area contributed by atoms with Gasteiger partial charge in [-0.05, 0) is 23.3 Å². The highest BCUT2D eigenvalue weighted by Crippen LogP contribution is 2.16. The van der Waals surface area contributed by atoms with Gasteiger partial charge in [0.2, 0.25) is 15.9 Å². The molecule has 1 aromatic heterocycles. The monoisotopic (exact) mass is 392 g/mol. The van der Waals surface area contributed by atoms with Gasteiger partial charge in [0.15, 0.2) is 0 Å². The van der Waals surface area contributed by atoms with Crippen molar-refractivity contribution in [3.05, 3.63) is 59.5 Å². The molecule has 1 fully saturated rings. The summed E-state index contributed by atoms with van der Waals surface area (Å²) in [6.45, 7) is 1.91. The Balaban J connectivity index is 1.57. The Morgan fingerprint density at radius 1 is 1.07 bits per heavy atom. The number of sulfonamides is 1. The molecule has 1 aromatic carbocycles. The Hall–Kier alpha value is -2.16. The van der Waals surface area contributed by atoms with E-state index < -0.39 is 10.0 Å². The number of hydrogen-bond donors (Lipinski definition) is 1. The largest absolute Gasteiger partial charge is 0.469 e. The molecule has 0 unspecified atom stereocenters. The van der Waals surface area contributed by atoms with Crippen molar-refractivity contribution in [2.45, 2.75) is 25.1 Å². The van der Waals surface area contributed by atoms with Gasteiger partial charge in [-0.1, -0.05) is 24.3 Å². The average molecular weight is 392 g/mol. The maximum atomic E-state index is 12.7. The van der Waals surface area contributed by atoms with Gasteiger partial charge in [-0.25, -0.2) is 8.42 Å². The molecule has 8 heteroatoms. The molecule has 1 amide bonds.